The predicted molar refractivity (Wildman–Crippen MR) is 100 cm³/mol. The first-order valence-electron chi connectivity index (χ1n) is 8.33. The number of fused-ring (bicyclic) bond motifs is 3. The molecule has 4 heteroatoms. The molecule has 1 aliphatic rings. The summed E-state index contributed by atoms with van der Waals surface area (Å²) in [6.45, 7) is 2.86. The zero-order valence-electron chi connectivity index (χ0n) is 14.3. The van der Waals surface area contributed by atoms with E-state index in [1.54, 1.807) is 6.26 Å². The van der Waals surface area contributed by atoms with E-state index >= 15 is 0 Å². The number of para-hydroxylation sites is 1. The Labute approximate surface area is 146 Å². The van der Waals surface area contributed by atoms with Crippen LogP contribution in [0.1, 0.15) is 17.5 Å². The standard InChI is InChI=1S/C21H19NO3/c1-14-7-9-16(10-8-14)24-13-15-11-12-22(2)20-17-5-3-4-6-18(17)25-21(23)19(15)20/h3-10,13H,11-12H2,1-2H3/b15-13-. The van der Waals surface area contributed by atoms with Crippen LogP contribution < -0.4 is 15.3 Å². The molecule has 0 amide bonds. The van der Waals surface area contributed by atoms with Crippen LogP contribution in [0.4, 0.5) is 5.69 Å². The van der Waals surface area contributed by atoms with Gasteiger partial charge in [0.2, 0.25) is 0 Å². The van der Waals surface area contributed by atoms with Crippen molar-refractivity contribution in [2.45, 2.75) is 13.3 Å². The summed E-state index contributed by atoms with van der Waals surface area (Å²) in [6, 6.07) is 15.5. The fraction of sp³-hybridized carbons (Fsp3) is 0.190. The first kappa shape index (κ1) is 15.5. The second-order valence-electron chi connectivity index (χ2n) is 6.35. The van der Waals surface area contributed by atoms with Gasteiger partial charge >= 0.3 is 5.63 Å². The van der Waals surface area contributed by atoms with Crippen molar-refractivity contribution in [3.8, 4) is 5.75 Å². The zero-order valence-corrected chi connectivity index (χ0v) is 14.3. The molecule has 4 rings (SSSR count). The largest absolute Gasteiger partial charge is 0.465 e. The summed E-state index contributed by atoms with van der Waals surface area (Å²) in [7, 11) is 2.00. The van der Waals surface area contributed by atoms with Crippen LogP contribution in [0.15, 0.2) is 64.0 Å². The van der Waals surface area contributed by atoms with Crippen LogP contribution in [-0.4, -0.2) is 13.6 Å². The molecule has 0 unspecified atom stereocenters. The van der Waals surface area contributed by atoms with E-state index in [0.29, 0.717) is 11.1 Å². The van der Waals surface area contributed by atoms with Crippen molar-refractivity contribution < 1.29 is 9.15 Å². The second-order valence-corrected chi connectivity index (χ2v) is 6.35. The van der Waals surface area contributed by atoms with Crippen LogP contribution in [0, 0.1) is 6.92 Å². The van der Waals surface area contributed by atoms with Crippen LogP contribution in [0.3, 0.4) is 0 Å². The van der Waals surface area contributed by atoms with Gasteiger partial charge in [0.25, 0.3) is 0 Å². The van der Waals surface area contributed by atoms with Gasteiger partial charge in [0.05, 0.1) is 17.5 Å². The first-order valence-corrected chi connectivity index (χ1v) is 8.33. The Kier molecular flexibility index (Phi) is 3.80. The smallest absolute Gasteiger partial charge is 0.346 e. The Morgan fingerprint density at radius 2 is 1.88 bits per heavy atom. The molecule has 0 saturated heterocycles. The fourth-order valence-electron chi connectivity index (χ4n) is 3.21. The molecule has 2 heterocycles. The molecule has 0 atom stereocenters. The monoisotopic (exact) mass is 333 g/mol. The summed E-state index contributed by atoms with van der Waals surface area (Å²) < 4.78 is 11.3. The lowest BCUT2D eigenvalue weighted by Gasteiger charge is -2.29. The van der Waals surface area contributed by atoms with E-state index in [0.717, 1.165) is 35.4 Å². The van der Waals surface area contributed by atoms with E-state index in [2.05, 4.69) is 4.90 Å². The number of hydrogen-bond acceptors (Lipinski definition) is 4. The fourth-order valence-corrected chi connectivity index (χ4v) is 3.21. The van der Waals surface area contributed by atoms with Gasteiger partial charge in [0.1, 0.15) is 11.3 Å². The average molecular weight is 333 g/mol. The lowest BCUT2D eigenvalue weighted by atomic mass is 9.97. The van der Waals surface area contributed by atoms with Crippen molar-refractivity contribution >= 4 is 22.2 Å². The molecule has 126 valence electrons. The van der Waals surface area contributed by atoms with Gasteiger partial charge in [-0.25, -0.2) is 4.79 Å². The molecule has 2 aromatic carbocycles. The molecular formula is C21H19NO3. The van der Waals surface area contributed by atoms with E-state index in [4.69, 9.17) is 9.15 Å². The first-order chi connectivity index (χ1) is 12.1. The number of aryl methyl sites for hydroxylation is 1. The van der Waals surface area contributed by atoms with Crippen LogP contribution in [-0.2, 0) is 0 Å². The highest BCUT2D eigenvalue weighted by Crippen LogP contribution is 2.37. The van der Waals surface area contributed by atoms with Crippen molar-refractivity contribution in [1.82, 2.24) is 0 Å². The third-order valence-electron chi connectivity index (χ3n) is 4.56. The Morgan fingerprint density at radius 1 is 1.12 bits per heavy atom. The van der Waals surface area contributed by atoms with E-state index in [-0.39, 0.29) is 5.63 Å². The Hall–Kier alpha value is -3.01. The van der Waals surface area contributed by atoms with Gasteiger partial charge in [0, 0.05) is 24.6 Å². The maximum Gasteiger partial charge on any atom is 0.346 e. The zero-order chi connectivity index (χ0) is 17.4. The highest BCUT2D eigenvalue weighted by Gasteiger charge is 2.25. The van der Waals surface area contributed by atoms with Crippen LogP contribution in [0.25, 0.3) is 16.5 Å². The van der Waals surface area contributed by atoms with E-state index in [9.17, 15) is 4.79 Å². The molecule has 1 aliphatic heterocycles. The second kappa shape index (κ2) is 6.13. The molecule has 0 fully saturated rings. The average Bonchev–Trinajstić information content (AvgIpc) is 2.62. The minimum atomic E-state index is -0.320. The van der Waals surface area contributed by atoms with Crippen LogP contribution in [0.2, 0.25) is 0 Å². The molecule has 25 heavy (non-hydrogen) atoms. The third-order valence-corrected chi connectivity index (χ3v) is 4.56. The van der Waals surface area contributed by atoms with Gasteiger partial charge in [-0.1, -0.05) is 29.8 Å². The summed E-state index contributed by atoms with van der Waals surface area (Å²) in [5.74, 6) is 0.753. The van der Waals surface area contributed by atoms with Crippen molar-refractivity contribution in [2.24, 2.45) is 0 Å². The lowest BCUT2D eigenvalue weighted by molar-refractivity contribution is 0.480. The number of ether oxygens (including phenoxy) is 1. The predicted octanol–water partition coefficient (Wildman–Crippen LogP) is 4.36. The Morgan fingerprint density at radius 3 is 2.68 bits per heavy atom. The number of rotatable bonds is 2. The number of anilines is 1. The Bertz CT molecular complexity index is 1020. The number of nitrogens with zero attached hydrogens (tertiary/aromatic N) is 1. The minimum Gasteiger partial charge on any atom is -0.465 e. The van der Waals surface area contributed by atoms with E-state index in [1.807, 2.05) is 62.5 Å². The van der Waals surface area contributed by atoms with Crippen molar-refractivity contribution in [3.05, 3.63) is 76.3 Å². The molecule has 1 aromatic heterocycles. The van der Waals surface area contributed by atoms with Gasteiger partial charge in [-0.3, -0.25) is 0 Å². The number of hydrogen-bond donors (Lipinski definition) is 0. The normalized spacial score (nSPS) is 15.4. The van der Waals surface area contributed by atoms with Crippen LogP contribution >= 0.6 is 0 Å². The molecule has 0 spiro atoms. The van der Waals surface area contributed by atoms with Crippen molar-refractivity contribution in [1.29, 1.82) is 0 Å². The van der Waals surface area contributed by atoms with Gasteiger partial charge in [-0.15, -0.1) is 0 Å². The van der Waals surface area contributed by atoms with Gasteiger partial charge < -0.3 is 14.1 Å². The molecule has 3 aromatic rings. The summed E-state index contributed by atoms with van der Waals surface area (Å²) in [5.41, 5.74) is 3.85. The number of benzene rings is 2. The molecule has 0 N–H and O–H groups in total. The summed E-state index contributed by atoms with van der Waals surface area (Å²) >= 11 is 0. The van der Waals surface area contributed by atoms with Gasteiger partial charge in [0.15, 0.2) is 0 Å². The topological polar surface area (TPSA) is 42.7 Å². The summed E-state index contributed by atoms with van der Waals surface area (Å²) in [4.78, 5) is 14.7. The minimum absolute atomic E-state index is 0.320. The lowest BCUT2D eigenvalue weighted by Crippen LogP contribution is -2.28. The SMILES string of the molecule is Cc1ccc(O/C=C2/CCN(C)c3c2c(=O)oc2ccccc32)cc1. The summed E-state index contributed by atoms with van der Waals surface area (Å²) in [6.07, 6.45) is 2.42. The van der Waals surface area contributed by atoms with E-state index in [1.165, 1.54) is 5.56 Å². The quantitative estimate of drug-likeness (QED) is 0.516. The third kappa shape index (κ3) is 2.80. The molecule has 0 aliphatic carbocycles. The van der Waals surface area contributed by atoms with Gasteiger partial charge in [-0.05, 0) is 37.6 Å². The Balaban J connectivity index is 1.82. The van der Waals surface area contributed by atoms with Crippen molar-refractivity contribution in [2.75, 3.05) is 18.5 Å². The van der Waals surface area contributed by atoms with E-state index < -0.39 is 0 Å². The van der Waals surface area contributed by atoms with Gasteiger partial charge in [-0.2, -0.15) is 0 Å². The maximum atomic E-state index is 12.6. The molecule has 0 saturated carbocycles. The molecule has 0 radical (unpaired) electrons. The highest BCUT2D eigenvalue weighted by atomic mass is 16.5. The maximum absolute atomic E-state index is 12.6. The molecule has 4 nitrogen and oxygen atoms in total. The van der Waals surface area contributed by atoms with Crippen LogP contribution in [0.5, 0.6) is 5.75 Å². The molecule has 0 bridgehead atoms. The van der Waals surface area contributed by atoms with Crippen molar-refractivity contribution in [3.63, 3.8) is 0 Å². The summed E-state index contributed by atoms with van der Waals surface area (Å²) in [5, 5.41) is 0.945. The highest BCUT2D eigenvalue weighted by molar-refractivity contribution is 5.97. The molecular weight excluding hydrogens is 314 g/mol.